The summed E-state index contributed by atoms with van der Waals surface area (Å²) in [6.45, 7) is 5.54. The average molecular weight is 351 g/mol. The first-order chi connectivity index (χ1) is 12.3. The van der Waals surface area contributed by atoms with Crippen LogP contribution in [0.1, 0.15) is 44.8 Å². The fourth-order valence-electron chi connectivity index (χ4n) is 3.09. The summed E-state index contributed by atoms with van der Waals surface area (Å²) in [5.74, 6) is 2.22. The van der Waals surface area contributed by atoms with Crippen LogP contribution in [0.2, 0.25) is 0 Å². The van der Waals surface area contributed by atoms with Gasteiger partial charge in [-0.05, 0) is 43.7 Å². The first-order valence-electron chi connectivity index (χ1n) is 9.58. The summed E-state index contributed by atoms with van der Waals surface area (Å²) >= 11 is 0. The molecule has 0 bridgehead atoms. The number of aliphatic hydroxyl groups is 1. The van der Waals surface area contributed by atoms with Gasteiger partial charge >= 0.3 is 0 Å². The molecule has 6 nitrogen and oxygen atoms in total. The number of nitrogens with one attached hydrogen (secondary N) is 2. The highest BCUT2D eigenvalue weighted by Gasteiger charge is 2.16. The van der Waals surface area contributed by atoms with Gasteiger partial charge in [0, 0.05) is 39.3 Å². The van der Waals surface area contributed by atoms with Gasteiger partial charge in [0.05, 0.1) is 12.4 Å². The highest BCUT2D eigenvalue weighted by Crippen LogP contribution is 2.12. The van der Waals surface area contributed by atoms with Crippen molar-refractivity contribution in [3.8, 4) is 0 Å². The van der Waals surface area contributed by atoms with Gasteiger partial charge in [-0.15, -0.1) is 0 Å². The summed E-state index contributed by atoms with van der Waals surface area (Å²) in [7, 11) is 0. The van der Waals surface area contributed by atoms with E-state index in [1.165, 1.54) is 0 Å². The Hall–Kier alpha value is -1.53. The topological polar surface area (TPSA) is 79.0 Å². The molecule has 1 aromatic rings. The van der Waals surface area contributed by atoms with Crippen molar-refractivity contribution in [2.75, 3.05) is 32.8 Å². The van der Waals surface area contributed by atoms with Crippen molar-refractivity contribution in [3.63, 3.8) is 0 Å². The number of nitrogens with zero attached hydrogens (tertiary/aromatic N) is 1. The number of aliphatic imine (C=N–C) groups is 1. The molecule has 0 amide bonds. The highest BCUT2D eigenvalue weighted by molar-refractivity contribution is 5.79. The molecule has 2 atom stereocenters. The van der Waals surface area contributed by atoms with Gasteiger partial charge in [0.1, 0.15) is 5.76 Å². The van der Waals surface area contributed by atoms with E-state index >= 15 is 0 Å². The van der Waals surface area contributed by atoms with Crippen molar-refractivity contribution in [3.05, 3.63) is 24.2 Å². The molecule has 1 fully saturated rings. The van der Waals surface area contributed by atoms with Crippen molar-refractivity contribution < 1.29 is 14.3 Å². The molecule has 0 aromatic carbocycles. The zero-order valence-corrected chi connectivity index (χ0v) is 15.4. The molecule has 142 valence electrons. The van der Waals surface area contributed by atoms with Crippen LogP contribution in [0.5, 0.6) is 0 Å². The van der Waals surface area contributed by atoms with E-state index in [2.05, 4.69) is 17.6 Å². The minimum Gasteiger partial charge on any atom is -0.469 e. The number of hydrogen-bond acceptors (Lipinski definition) is 4. The molecule has 0 saturated carbocycles. The average Bonchev–Trinajstić information content (AvgIpc) is 3.30. The normalized spacial score (nSPS) is 19.1. The standard InChI is InChI=1S/C19H33N3O3/c1-2-5-16(9-11-23)14-21-19(22-15-18-7-4-13-25-18)20-10-8-17-6-3-12-24-17/h3,6,12,16,18,23H,2,4-5,7-11,13-15H2,1H3,(H2,20,21,22). The Kier molecular flexibility index (Phi) is 9.44. The molecule has 6 heteroatoms. The molecule has 1 aliphatic heterocycles. The van der Waals surface area contributed by atoms with Crippen LogP contribution < -0.4 is 10.6 Å². The minimum absolute atomic E-state index is 0.227. The zero-order valence-electron chi connectivity index (χ0n) is 15.4. The summed E-state index contributed by atoms with van der Waals surface area (Å²) in [6.07, 6.45) is 8.06. The quantitative estimate of drug-likeness (QED) is 0.421. The van der Waals surface area contributed by atoms with Crippen molar-refractivity contribution >= 4 is 5.96 Å². The van der Waals surface area contributed by atoms with E-state index in [4.69, 9.17) is 14.1 Å². The Balaban J connectivity index is 1.83. The van der Waals surface area contributed by atoms with Gasteiger partial charge in [0.15, 0.2) is 5.96 Å². The van der Waals surface area contributed by atoms with E-state index in [0.717, 1.165) is 76.5 Å². The van der Waals surface area contributed by atoms with Gasteiger partial charge in [-0.3, -0.25) is 4.99 Å². The molecule has 1 saturated heterocycles. The summed E-state index contributed by atoms with van der Waals surface area (Å²) < 4.78 is 11.0. The first kappa shape index (κ1) is 19.8. The van der Waals surface area contributed by atoms with Gasteiger partial charge in [-0.25, -0.2) is 0 Å². The molecule has 0 aliphatic carbocycles. The van der Waals surface area contributed by atoms with E-state index in [0.29, 0.717) is 5.92 Å². The molecule has 1 aromatic heterocycles. The third kappa shape index (κ3) is 7.92. The van der Waals surface area contributed by atoms with Crippen LogP contribution in [0.4, 0.5) is 0 Å². The Morgan fingerprint density at radius 1 is 1.40 bits per heavy atom. The SMILES string of the molecule is CCCC(CCO)CN=C(NCCc1ccco1)NCC1CCCO1. The Labute approximate surface area is 151 Å². The molecule has 1 aliphatic rings. The van der Waals surface area contributed by atoms with Crippen LogP contribution in [0.15, 0.2) is 27.8 Å². The molecule has 0 radical (unpaired) electrons. The fraction of sp³-hybridized carbons (Fsp3) is 0.737. The minimum atomic E-state index is 0.227. The Bertz CT molecular complexity index is 464. The second kappa shape index (κ2) is 11.9. The van der Waals surface area contributed by atoms with Gasteiger partial charge in [-0.2, -0.15) is 0 Å². The van der Waals surface area contributed by atoms with Crippen molar-refractivity contribution in [1.29, 1.82) is 0 Å². The van der Waals surface area contributed by atoms with Crippen LogP contribution in [0, 0.1) is 5.92 Å². The van der Waals surface area contributed by atoms with Gasteiger partial charge in [-0.1, -0.05) is 13.3 Å². The van der Waals surface area contributed by atoms with Crippen LogP contribution in [0.25, 0.3) is 0 Å². The molecule has 25 heavy (non-hydrogen) atoms. The maximum Gasteiger partial charge on any atom is 0.191 e. The van der Waals surface area contributed by atoms with Crippen LogP contribution >= 0.6 is 0 Å². The summed E-state index contributed by atoms with van der Waals surface area (Å²) in [6, 6.07) is 3.89. The van der Waals surface area contributed by atoms with Gasteiger partial charge in [0.2, 0.25) is 0 Å². The Morgan fingerprint density at radius 3 is 3.00 bits per heavy atom. The molecule has 3 N–H and O–H groups in total. The largest absolute Gasteiger partial charge is 0.469 e. The molecule has 2 unspecified atom stereocenters. The number of ether oxygens (including phenoxy) is 1. The van der Waals surface area contributed by atoms with Crippen LogP contribution in [-0.2, 0) is 11.2 Å². The third-order valence-corrected chi connectivity index (χ3v) is 4.51. The molecular weight excluding hydrogens is 318 g/mol. The van der Waals surface area contributed by atoms with Crippen LogP contribution in [-0.4, -0.2) is 50.0 Å². The number of guanidine groups is 1. The van der Waals surface area contributed by atoms with E-state index in [1.807, 2.05) is 12.1 Å². The first-order valence-corrected chi connectivity index (χ1v) is 9.58. The fourth-order valence-corrected chi connectivity index (χ4v) is 3.09. The van der Waals surface area contributed by atoms with Gasteiger partial charge < -0.3 is 24.9 Å². The lowest BCUT2D eigenvalue weighted by Crippen LogP contribution is -2.42. The predicted molar refractivity (Wildman–Crippen MR) is 99.8 cm³/mol. The van der Waals surface area contributed by atoms with Crippen molar-refractivity contribution in [2.24, 2.45) is 10.9 Å². The Morgan fingerprint density at radius 2 is 2.32 bits per heavy atom. The smallest absolute Gasteiger partial charge is 0.191 e. The van der Waals surface area contributed by atoms with Crippen molar-refractivity contribution in [2.45, 2.75) is 51.6 Å². The second-order valence-electron chi connectivity index (χ2n) is 6.63. The summed E-state index contributed by atoms with van der Waals surface area (Å²) in [4.78, 5) is 4.74. The summed E-state index contributed by atoms with van der Waals surface area (Å²) in [5, 5.41) is 16.0. The highest BCUT2D eigenvalue weighted by atomic mass is 16.5. The lowest BCUT2D eigenvalue weighted by molar-refractivity contribution is 0.113. The number of furan rings is 1. The van der Waals surface area contributed by atoms with E-state index < -0.39 is 0 Å². The monoisotopic (exact) mass is 351 g/mol. The van der Waals surface area contributed by atoms with E-state index in [1.54, 1.807) is 6.26 Å². The molecule has 0 spiro atoms. The maximum absolute atomic E-state index is 9.22. The van der Waals surface area contributed by atoms with E-state index in [-0.39, 0.29) is 12.7 Å². The second-order valence-corrected chi connectivity index (χ2v) is 6.63. The van der Waals surface area contributed by atoms with Gasteiger partial charge in [0.25, 0.3) is 0 Å². The molecule has 2 rings (SSSR count). The molecule has 2 heterocycles. The third-order valence-electron chi connectivity index (χ3n) is 4.51. The number of aliphatic hydroxyl groups excluding tert-OH is 1. The summed E-state index contributed by atoms with van der Waals surface area (Å²) in [5.41, 5.74) is 0. The van der Waals surface area contributed by atoms with E-state index in [9.17, 15) is 5.11 Å². The number of hydrogen-bond donors (Lipinski definition) is 3. The van der Waals surface area contributed by atoms with Crippen molar-refractivity contribution in [1.82, 2.24) is 10.6 Å². The van der Waals surface area contributed by atoms with Crippen LogP contribution in [0.3, 0.4) is 0 Å². The molecular formula is C19H33N3O3. The zero-order chi connectivity index (χ0) is 17.7. The lowest BCUT2D eigenvalue weighted by Gasteiger charge is -2.17. The lowest BCUT2D eigenvalue weighted by atomic mass is 10.0. The number of rotatable bonds is 11. The predicted octanol–water partition coefficient (Wildman–Crippen LogP) is 2.34. The maximum atomic E-state index is 9.22.